The topological polar surface area (TPSA) is 66.0 Å². The molecule has 0 radical (unpaired) electrons. The highest BCUT2D eigenvalue weighted by Gasteiger charge is 2.05. The van der Waals surface area contributed by atoms with Crippen LogP contribution in [0.2, 0.25) is 0 Å². The van der Waals surface area contributed by atoms with Gasteiger partial charge in [0.2, 0.25) is 5.88 Å². The van der Waals surface area contributed by atoms with E-state index in [4.69, 9.17) is 10.5 Å². The Kier molecular flexibility index (Phi) is 2.29. The van der Waals surface area contributed by atoms with Crippen molar-refractivity contribution in [2.75, 3.05) is 12.8 Å². The highest BCUT2D eigenvalue weighted by atomic mass is 16.5. The van der Waals surface area contributed by atoms with Gasteiger partial charge in [-0.25, -0.2) is 4.98 Å². The zero-order valence-corrected chi connectivity index (χ0v) is 8.64. The molecule has 0 aliphatic rings. The predicted molar refractivity (Wildman–Crippen MR) is 57.1 cm³/mol. The van der Waals surface area contributed by atoms with Gasteiger partial charge in [0.25, 0.3) is 0 Å². The second-order valence-corrected chi connectivity index (χ2v) is 3.11. The van der Waals surface area contributed by atoms with Gasteiger partial charge in [-0.15, -0.1) is 0 Å². The normalized spacial score (nSPS) is 10.3. The maximum Gasteiger partial charge on any atom is 0.238 e. The SMILES string of the molecule is COc1nc(-n2ccnc2C)ccc1N. The largest absolute Gasteiger partial charge is 0.479 e. The lowest BCUT2D eigenvalue weighted by molar-refractivity contribution is 0.399. The third-order valence-electron chi connectivity index (χ3n) is 2.14. The summed E-state index contributed by atoms with van der Waals surface area (Å²) >= 11 is 0. The number of rotatable bonds is 2. The van der Waals surface area contributed by atoms with Crippen LogP contribution < -0.4 is 10.5 Å². The van der Waals surface area contributed by atoms with Crippen LogP contribution in [-0.4, -0.2) is 21.6 Å². The summed E-state index contributed by atoms with van der Waals surface area (Å²) in [6.07, 6.45) is 3.56. The van der Waals surface area contributed by atoms with Gasteiger partial charge in [-0.3, -0.25) is 4.57 Å². The molecule has 15 heavy (non-hydrogen) atoms. The van der Waals surface area contributed by atoms with Crippen molar-refractivity contribution >= 4 is 5.69 Å². The molecule has 2 heterocycles. The van der Waals surface area contributed by atoms with Gasteiger partial charge in [0.15, 0.2) is 0 Å². The van der Waals surface area contributed by atoms with E-state index in [1.165, 1.54) is 0 Å². The van der Waals surface area contributed by atoms with Gasteiger partial charge in [-0.2, -0.15) is 4.98 Å². The lowest BCUT2D eigenvalue weighted by Crippen LogP contribution is -2.02. The van der Waals surface area contributed by atoms with Gasteiger partial charge < -0.3 is 10.5 Å². The number of imidazole rings is 1. The van der Waals surface area contributed by atoms with Gasteiger partial charge in [0.05, 0.1) is 12.8 Å². The van der Waals surface area contributed by atoms with Crippen LogP contribution in [0.25, 0.3) is 5.82 Å². The summed E-state index contributed by atoms with van der Waals surface area (Å²) in [4.78, 5) is 8.39. The lowest BCUT2D eigenvalue weighted by Gasteiger charge is -2.07. The maximum atomic E-state index is 5.68. The summed E-state index contributed by atoms with van der Waals surface area (Å²) in [7, 11) is 1.54. The number of nitrogens with zero attached hydrogens (tertiary/aromatic N) is 3. The number of aromatic nitrogens is 3. The molecule has 0 unspecified atom stereocenters. The summed E-state index contributed by atoms with van der Waals surface area (Å²) < 4.78 is 6.92. The fourth-order valence-electron chi connectivity index (χ4n) is 1.36. The standard InChI is InChI=1S/C10H12N4O/c1-7-12-5-6-14(7)9-4-3-8(11)10(13-9)15-2/h3-6H,11H2,1-2H3. The number of methoxy groups -OCH3 is 1. The first-order valence-electron chi connectivity index (χ1n) is 4.53. The number of hydrogen-bond donors (Lipinski definition) is 1. The quantitative estimate of drug-likeness (QED) is 0.797. The van der Waals surface area contributed by atoms with Gasteiger partial charge in [-0.05, 0) is 19.1 Å². The molecule has 0 fully saturated rings. The van der Waals surface area contributed by atoms with Crippen LogP contribution in [-0.2, 0) is 0 Å². The monoisotopic (exact) mass is 204 g/mol. The number of pyridine rings is 1. The van der Waals surface area contributed by atoms with Crippen molar-refractivity contribution < 1.29 is 4.74 Å². The molecule has 0 amide bonds. The van der Waals surface area contributed by atoms with Crippen LogP contribution >= 0.6 is 0 Å². The predicted octanol–water partition coefficient (Wildman–Crippen LogP) is 1.17. The van der Waals surface area contributed by atoms with Gasteiger partial charge in [0, 0.05) is 12.4 Å². The third-order valence-corrected chi connectivity index (χ3v) is 2.14. The zero-order chi connectivity index (χ0) is 10.8. The number of aryl methyl sites for hydroxylation is 1. The molecule has 2 rings (SSSR count). The summed E-state index contributed by atoms with van der Waals surface area (Å²) in [5.41, 5.74) is 6.21. The maximum absolute atomic E-state index is 5.68. The highest BCUT2D eigenvalue weighted by molar-refractivity contribution is 5.50. The molecule has 2 N–H and O–H groups in total. The first-order chi connectivity index (χ1) is 7.22. The molecule has 2 aromatic heterocycles. The van der Waals surface area contributed by atoms with E-state index >= 15 is 0 Å². The van der Waals surface area contributed by atoms with Crippen LogP contribution in [0.4, 0.5) is 5.69 Å². The van der Waals surface area contributed by atoms with E-state index in [1.54, 1.807) is 19.4 Å². The Bertz CT molecular complexity index is 478. The molecule has 0 saturated heterocycles. The van der Waals surface area contributed by atoms with Crippen molar-refractivity contribution in [2.45, 2.75) is 6.92 Å². The molecule has 5 nitrogen and oxygen atoms in total. The molecule has 0 atom stereocenters. The van der Waals surface area contributed by atoms with Crippen LogP contribution in [0.3, 0.4) is 0 Å². The lowest BCUT2D eigenvalue weighted by atomic mass is 10.4. The molecular formula is C10H12N4O. The van der Waals surface area contributed by atoms with Crippen molar-refractivity contribution in [1.82, 2.24) is 14.5 Å². The van der Waals surface area contributed by atoms with E-state index in [-0.39, 0.29) is 0 Å². The first kappa shape index (κ1) is 9.51. The van der Waals surface area contributed by atoms with E-state index in [2.05, 4.69) is 9.97 Å². The molecule has 0 aliphatic carbocycles. The summed E-state index contributed by atoms with van der Waals surface area (Å²) in [5.74, 6) is 2.05. The van der Waals surface area contributed by atoms with Crippen LogP contribution in [0.1, 0.15) is 5.82 Å². The minimum atomic E-state index is 0.431. The van der Waals surface area contributed by atoms with E-state index in [9.17, 15) is 0 Å². The van der Waals surface area contributed by atoms with Crippen molar-refractivity contribution in [3.05, 3.63) is 30.4 Å². The van der Waals surface area contributed by atoms with E-state index in [1.807, 2.05) is 23.8 Å². The van der Waals surface area contributed by atoms with Crippen LogP contribution in [0.15, 0.2) is 24.5 Å². The highest BCUT2D eigenvalue weighted by Crippen LogP contribution is 2.20. The Hall–Kier alpha value is -2.04. The molecule has 2 aromatic rings. The average Bonchev–Trinajstić information content (AvgIpc) is 2.65. The summed E-state index contributed by atoms with van der Waals surface area (Å²) in [5, 5.41) is 0. The molecule has 0 saturated carbocycles. The van der Waals surface area contributed by atoms with Gasteiger partial charge in [0.1, 0.15) is 11.6 Å². The minimum absolute atomic E-state index is 0.431. The van der Waals surface area contributed by atoms with Crippen molar-refractivity contribution in [2.24, 2.45) is 0 Å². The molecule has 0 aliphatic heterocycles. The number of ether oxygens (including phenoxy) is 1. The zero-order valence-electron chi connectivity index (χ0n) is 8.64. The Labute approximate surface area is 87.5 Å². The molecule has 5 heteroatoms. The second kappa shape index (κ2) is 3.61. The fourth-order valence-corrected chi connectivity index (χ4v) is 1.36. The van der Waals surface area contributed by atoms with Crippen LogP contribution in [0, 0.1) is 6.92 Å². The molecule has 0 spiro atoms. The Morgan fingerprint density at radius 2 is 2.20 bits per heavy atom. The Balaban J connectivity index is 2.51. The molecule has 0 bridgehead atoms. The molecular weight excluding hydrogens is 192 g/mol. The molecule has 0 aromatic carbocycles. The van der Waals surface area contributed by atoms with Crippen molar-refractivity contribution in [3.63, 3.8) is 0 Å². The fraction of sp³-hybridized carbons (Fsp3) is 0.200. The number of nitrogen functional groups attached to an aromatic ring is 1. The number of hydrogen-bond acceptors (Lipinski definition) is 4. The van der Waals surface area contributed by atoms with Crippen molar-refractivity contribution in [1.29, 1.82) is 0 Å². The summed E-state index contributed by atoms with van der Waals surface area (Å²) in [6, 6.07) is 3.59. The van der Waals surface area contributed by atoms with E-state index in [0.29, 0.717) is 11.6 Å². The van der Waals surface area contributed by atoms with Crippen LogP contribution in [0.5, 0.6) is 5.88 Å². The Morgan fingerprint density at radius 1 is 1.40 bits per heavy atom. The Morgan fingerprint density at radius 3 is 2.80 bits per heavy atom. The van der Waals surface area contributed by atoms with E-state index < -0.39 is 0 Å². The summed E-state index contributed by atoms with van der Waals surface area (Å²) in [6.45, 7) is 1.91. The minimum Gasteiger partial charge on any atom is -0.479 e. The molecule has 78 valence electrons. The van der Waals surface area contributed by atoms with E-state index in [0.717, 1.165) is 11.6 Å². The van der Waals surface area contributed by atoms with Crippen molar-refractivity contribution in [3.8, 4) is 11.7 Å². The number of anilines is 1. The average molecular weight is 204 g/mol. The third kappa shape index (κ3) is 1.63. The second-order valence-electron chi connectivity index (χ2n) is 3.11. The van der Waals surface area contributed by atoms with Gasteiger partial charge in [-0.1, -0.05) is 0 Å². The first-order valence-corrected chi connectivity index (χ1v) is 4.53. The van der Waals surface area contributed by atoms with Gasteiger partial charge >= 0.3 is 0 Å². The smallest absolute Gasteiger partial charge is 0.238 e. The number of nitrogens with two attached hydrogens (primary N) is 1.